The van der Waals surface area contributed by atoms with Gasteiger partial charge in [0.05, 0.1) is 19.6 Å². The predicted octanol–water partition coefficient (Wildman–Crippen LogP) is 1.03. The summed E-state index contributed by atoms with van der Waals surface area (Å²) in [4.78, 5) is 36.3. The number of esters is 1. The van der Waals surface area contributed by atoms with E-state index in [0.717, 1.165) is 5.56 Å². The van der Waals surface area contributed by atoms with Crippen molar-refractivity contribution in [2.24, 2.45) is 5.92 Å². The van der Waals surface area contributed by atoms with Gasteiger partial charge in [-0.15, -0.1) is 0 Å². The highest BCUT2D eigenvalue weighted by molar-refractivity contribution is 5.89. The number of benzene rings is 1. The van der Waals surface area contributed by atoms with Crippen molar-refractivity contribution >= 4 is 17.8 Å². The molecule has 0 aliphatic rings. The van der Waals surface area contributed by atoms with Crippen molar-refractivity contribution < 1.29 is 19.1 Å². The molecule has 150 valence electrons. The van der Waals surface area contributed by atoms with Crippen LogP contribution in [-0.4, -0.2) is 50.6 Å². The molecule has 1 aromatic carbocycles. The second kappa shape index (κ2) is 12.1. The summed E-state index contributed by atoms with van der Waals surface area (Å²) >= 11 is 0. The number of likely N-dealkylation sites (N-methyl/N-ethyl adjacent to an activating group) is 1. The van der Waals surface area contributed by atoms with Gasteiger partial charge in [-0.3, -0.25) is 14.4 Å². The number of amides is 2. The molecule has 0 saturated heterocycles. The summed E-state index contributed by atoms with van der Waals surface area (Å²) in [5.41, 5.74) is 0.963. The van der Waals surface area contributed by atoms with Crippen molar-refractivity contribution in [1.29, 1.82) is 0 Å². The maximum absolute atomic E-state index is 12.8. The van der Waals surface area contributed by atoms with Gasteiger partial charge < -0.3 is 20.7 Å². The molecule has 2 atom stereocenters. The van der Waals surface area contributed by atoms with Crippen molar-refractivity contribution in [3.05, 3.63) is 35.9 Å². The number of nitrogens with one attached hydrogen (secondary N) is 3. The molecule has 7 heteroatoms. The molecule has 1 rings (SSSR count). The summed E-state index contributed by atoms with van der Waals surface area (Å²) in [6, 6.07) is 8.38. The Morgan fingerprint density at radius 3 is 2.26 bits per heavy atom. The summed E-state index contributed by atoms with van der Waals surface area (Å²) < 4.78 is 4.62. The molecular formula is C20H31N3O4. The molecule has 27 heavy (non-hydrogen) atoms. The van der Waals surface area contributed by atoms with Gasteiger partial charge in [-0.2, -0.15) is 0 Å². The van der Waals surface area contributed by atoms with Gasteiger partial charge in [0.1, 0.15) is 6.04 Å². The summed E-state index contributed by atoms with van der Waals surface area (Å²) in [7, 11) is 2.88. The van der Waals surface area contributed by atoms with Crippen molar-refractivity contribution in [3.63, 3.8) is 0 Å². The number of ether oxygens (including phenoxy) is 1. The molecular weight excluding hydrogens is 346 g/mol. The number of carbonyl (C=O) groups is 3. The number of carbonyl (C=O) groups excluding carboxylic acids is 3. The van der Waals surface area contributed by atoms with Crippen LogP contribution in [0.25, 0.3) is 0 Å². The smallest absolute Gasteiger partial charge is 0.306 e. The summed E-state index contributed by atoms with van der Waals surface area (Å²) in [5.74, 6) is -0.555. The lowest BCUT2D eigenvalue weighted by molar-refractivity contribution is -0.140. The zero-order valence-electron chi connectivity index (χ0n) is 16.6. The molecule has 0 heterocycles. The molecule has 7 nitrogen and oxygen atoms in total. The van der Waals surface area contributed by atoms with Crippen LogP contribution in [0.5, 0.6) is 0 Å². The van der Waals surface area contributed by atoms with Crippen molar-refractivity contribution in [1.82, 2.24) is 16.0 Å². The molecule has 0 radical (unpaired) electrons. The Morgan fingerprint density at radius 1 is 1.04 bits per heavy atom. The molecule has 0 unspecified atom stereocenters. The monoisotopic (exact) mass is 377 g/mol. The molecule has 0 bridgehead atoms. The van der Waals surface area contributed by atoms with E-state index in [2.05, 4.69) is 20.7 Å². The van der Waals surface area contributed by atoms with Crippen LogP contribution in [0.2, 0.25) is 0 Å². The highest BCUT2D eigenvalue weighted by Gasteiger charge is 2.25. The van der Waals surface area contributed by atoms with Crippen molar-refractivity contribution in [2.75, 3.05) is 20.7 Å². The first-order chi connectivity index (χ1) is 12.9. The quantitative estimate of drug-likeness (QED) is 0.501. The fraction of sp³-hybridized carbons (Fsp3) is 0.550. The van der Waals surface area contributed by atoms with Crippen LogP contribution in [0, 0.1) is 5.92 Å². The second-order valence-electron chi connectivity index (χ2n) is 6.83. The Bertz CT molecular complexity index is 605. The SMILES string of the molecule is CNC(=O)[C@H](Cc1ccccc1)NC(=O)[C@H](CC(C)C)NCCC(=O)OC. The Balaban J connectivity index is 2.77. The van der Waals surface area contributed by atoms with Gasteiger partial charge in [0.25, 0.3) is 0 Å². The van der Waals surface area contributed by atoms with Crippen LogP contribution in [-0.2, 0) is 25.5 Å². The van der Waals surface area contributed by atoms with Crippen LogP contribution in [0.15, 0.2) is 30.3 Å². The number of rotatable bonds is 11. The standard InChI is InChI=1S/C20H31N3O4/c1-14(2)12-16(22-11-10-18(24)27-4)20(26)23-17(19(25)21-3)13-15-8-6-5-7-9-15/h5-9,14,16-17,22H,10-13H2,1-4H3,(H,21,25)(H,23,26)/t16-,17-/m0/s1. The van der Waals surface area contributed by atoms with Gasteiger partial charge in [-0.25, -0.2) is 0 Å². The largest absolute Gasteiger partial charge is 0.469 e. The minimum Gasteiger partial charge on any atom is -0.469 e. The van der Waals surface area contributed by atoms with E-state index in [1.54, 1.807) is 7.05 Å². The molecule has 2 amide bonds. The summed E-state index contributed by atoms with van der Waals surface area (Å²) in [6.07, 6.45) is 1.18. The Morgan fingerprint density at radius 2 is 1.70 bits per heavy atom. The Hall–Kier alpha value is -2.41. The number of hydrogen-bond acceptors (Lipinski definition) is 5. The molecule has 1 aromatic rings. The molecule has 0 fully saturated rings. The maximum atomic E-state index is 12.8. The molecule has 0 aliphatic heterocycles. The van der Waals surface area contributed by atoms with Crippen LogP contribution in [0.4, 0.5) is 0 Å². The van der Waals surface area contributed by atoms with Crippen molar-refractivity contribution in [3.8, 4) is 0 Å². The topological polar surface area (TPSA) is 96.5 Å². The molecule has 0 saturated carbocycles. The van der Waals surface area contributed by atoms with E-state index in [4.69, 9.17) is 0 Å². The minimum absolute atomic E-state index is 0.182. The van der Waals surface area contributed by atoms with Gasteiger partial charge >= 0.3 is 5.97 Å². The van der Waals surface area contributed by atoms with E-state index in [9.17, 15) is 14.4 Å². The number of hydrogen-bond donors (Lipinski definition) is 3. The van der Waals surface area contributed by atoms with Gasteiger partial charge in [0, 0.05) is 20.0 Å². The fourth-order valence-electron chi connectivity index (χ4n) is 2.71. The lowest BCUT2D eigenvalue weighted by Crippen LogP contribution is -2.53. The highest BCUT2D eigenvalue weighted by Crippen LogP contribution is 2.08. The molecule has 0 spiro atoms. The van der Waals surface area contributed by atoms with Crippen molar-refractivity contribution in [2.45, 2.75) is 45.2 Å². The number of methoxy groups -OCH3 is 1. The Kier molecular flexibility index (Phi) is 10.1. The second-order valence-corrected chi connectivity index (χ2v) is 6.83. The van der Waals surface area contributed by atoms with E-state index in [1.807, 2.05) is 44.2 Å². The first-order valence-corrected chi connectivity index (χ1v) is 9.23. The molecule has 0 aromatic heterocycles. The fourth-order valence-corrected chi connectivity index (χ4v) is 2.71. The average molecular weight is 377 g/mol. The minimum atomic E-state index is -0.665. The average Bonchev–Trinajstić information content (AvgIpc) is 2.66. The van der Waals surface area contributed by atoms with Crippen LogP contribution in [0.3, 0.4) is 0 Å². The first kappa shape index (κ1) is 22.6. The van der Waals surface area contributed by atoms with Gasteiger partial charge in [-0.05, 0) is 17.9 Å². The van der Waals surface area contributed by atoms with Gasteiger partial charge in [-0.1, -0.05) is 44.2 Å². The van der Waals surface area contributed by atoms with Crippen LogP contribution >= 0.6 is 0 Å². The zero-order chi connectivity index (χ0) is 20.2. The third kappa shape index (κ3) is 8.68. The predicted molar refractivity (Wildman–Crippen MR) is 104 cm³/mol. The Labute approximate surface area is 161 Å². The van der Waals surface area contributed by atoms with E-state index in [-0.39, 0.29) is 30.1 Å². The summed E-state index contributed by atoms with van der Waals surface area (Å²) in [5, 5.41) is 8.54. The lowest BCUT2D eigenvalue weighted by Gasteiger charge is -2.24. The van der Waals surface area contributed by atoms with Crippen LogP contribution in [0.1, 0.15) is 32.3 Å². The molecule has 0 aliphatic carbocycles. The highest BCUT2D eigenvalue weighted by atomic mass is 16.5. The lowest BCUT2D eigenvalue weighted by atomic mass is 10.0. The zero-order valence-corrected chi connectivity index (χ0v) is 16.6. The third-order valence-electron chi connectivity index (χ3n) is 4.13. The maximum Gasteiger partial charge on any atom is 0.306 e. The van der Waals surface area contributed by atoms with E-state index < -0.39 is 12.1 Å². The van der Waals surface area contributed by atoms with Crippen LogP contribution < -0.4 is 16.0 Å². The van der Waals surface area contributed by atoms with Gasteiger partial charge in [0.2, 0.25) is 11.8 Å². The van der Waals surface area contributed by atoms with E-state index in [1.165, 1.54) is 7.11 Å². The molecule has 3 N–H and O–H groups in total. The van der Waals surface area contributed by atoms with E-state index >= 15 is 0 Å². The normalized spacial score (nSPS) is 12.9. The van der Waals surface area contributed by atoms with Gasteiger partial charge in [0.15, 0.2) is 0 Å². The van der Waals surface area contributed by atoms with E-state index in [0.29, 0.717) is 19.4 Å². The first-order valence-electron chi connectivity index (χ1n) is 9.23. The summed E-state index contributed by atoms with van der Waals surface area (Å²) in [6.45, 7) is 4.37. The third-order valence-corrected chi connectivity index (χ3v) is 4.13.